The van der Waals surface area contributed by atoms with Gasteiger partial charge in [-0.1, -0.05) is 0 Å². The van der Waals surface area contributed by atoms with E-state index in [0.29, 0.717) is 0 Å². The van der Waals surface area contributed by atoms with Crippen LogP contribution in [0.2, 0.25) is 0 Å². The van der Waals surface area contributed by atoms with Gasteiger partial charge in [-0.25, -0.2) is 0 Å². The normalized spacial score (nSPS) is 9.12. The quantitative estimate of drug-likeness (QED) is 0.658. The molecule has 0 fully saturated rings. The standard InChI is InChI=1S/C5H4BrNS/c6-4-1-5(2-7)8-3-4/h1-3,7H. The summed E-state index contributed by atoms with van der Waals surface area (Å²) in [6, 6.07) is 1.91. The Morgan fingerprint density at radius 2 is 2.50 bits per heavy atom. The van der Waals surface area contributed by atoms with E-state index in [1.165, 1.54) is 6.21 Å². The van der Waals surface area contributed by atoms with Crippen molar-refractivity contribution in [2.75, 3.05) is 0 Å². The highest BCUT2D eigenvalue weighted by Gasteiger charge is 1.89. The Morgan fingerprint density at radius 1 is 1.75 bits per heavy atom. The molecule has 0 aliphatic heterocycles. The van der Waals surface area contributed by atoms with Gasteiger partial charge in [0.15, 0.2) is 0 Å². The summed E-state index contributed by atoms with van der Waals surface area (Å²) in [5.74, 6) is 0. The van der Waals surface area contributed by atoms with Gasteiger partial charge in [-0.2, -0.15) is 0 Å². The van der Waals surface area contributed by atoms with Crippen molar-refractivity contribution in [1.82, 2.24) is 0 Å². The van der Waals surface area contributed by atoms with E-state index in [1.54, 1.807) is 11.3 Å². The number of hydrogen-bond acceptors (Lipinski definition) is 2. The van der Waals surface area contributed by atoms with Crippen LogP contribution in [0, 0.1) is 5.41 Å². The van der Waals surface area contributed by atoms with Crippen LogP contribution in [0.1, 0.15) is 4.88 Å². The summed E-state index contributed by atoms with van der Waals surface area (Å²) in [7, 11) is 0. The van der Waals surface area contributed by atoms with Crippen LogP contribution in [0.3, 0.4) is 0 Å². The number of hydrogen-bond donors (Lipinski definition) is 1. The van der Waals surface area contributed by atoms with Crippen molar-refractivity contribution in [2.24, 2.45) is 0 Å². The minimum Gasteiger partial charge on any atom is -0.307 e. The number of nitrogens with one attached hydrogen (secondary N) is 1. The first-order valence-electron chi connectivity index (χ1n) is 2.07. The molecule has 0 bridgehead atoms. The molecule has 1 aromatic heterocycles. The minimum atomic E-state index is 0.983. The van der Waals surface area contributed by atoms with Crippen molar-refractivity contribution in [3.63, 3.8) is 0 Å². The molecule has 0 spiro atoms. The highest BCUT2D eigenvalue weighted by molar-refractivity contribution is 9.10. The SMILES string of the molecule is N=Cc1cc(Br)cs1. The Balaban J connectivity index is 3.00. The number of halogens is 1. The van der Waals surface area contributed by atoms with E-state index in [1.807, 2.05) is 11.4 Å². The molecule has 1 aromatic rings. The summed E-state index contributed by atoms with van der Waals surface area (Å²) < 4.78 is 1.06. The molecule has 1 N–H and O–H groups in total. The van der Waals surface area contributed by atoms with E-state index < -0.39 is 0 Å². The van der Waals surface area contributed by atoms with Gasteiger partial charge < -0.3 is 5.41 Å². The summed E-state index contributed by atoms with van der Waals surface area (Å²) in [6.07, 6.45) is 1.34. The van der Waals surface area contributed by atoms with Crippen LogP contribution in [-0.4, -0.2) is 6.21 Å². The third-order valence-corrected chi connectivity index (χ3v) is 2.37. The molecule has 0 amide bonds. The smallest absolute Gasteiger partial charge is 0.0457 e. The lowest BCUT2D eigenvalue weighted by atomic mass is 10.5. The first-order chi connectivity index (χ1) is 3.83. The van der Waals surface area contributed by atoms with Crippen LogP contribution in [0.15, 0.2) is 15.9 Å². The molecule has 0 aromatic carbocycles. The number of thiophene rings is 1. The van der Waals surface area contributed by atoms with Crippen molar-refractivity contribution in [3.8, 4) is 0 Å². The molecular weight excluding hydrogens is 186 g/mol. The van der Waals surface area contributed by atoms with Crippen molar-refractivity contribution in [2.45, 2.75) is 0 Å². The van der Waals surface area contributed by atoms with Gasteiger partial charge in [-0.05, 0) is 22.0 Å². The molecule has 0 saturated heterocycles. The zero-order valence-corrected chi connectivity index (χ0v) is 6.42. The summed E-state index contributed by atoms with van der Waals surface area (Å²) in [5.41, 5.74) is 0. The zero-order valence-electron chi connectivity index (χ0n) is 4.02. The molecule has 0 aliphatic rings. The van der Waals surface area contributed by atoms with Gasteiger partial charge in [0.05, 0.1) is 0 Å². The van der Waals surface area contributed by atoms with E-state index in [9.17, 15) is 0 Å². The maximum absolute atomic E-state index is 6.82. The fourth-order valence-corrected chi connectivity index (χ4v) is 1.66. The summed E-state index contributed by atoms with van der Waals surface area (Å²) in [6.45, 7) is 0. The fourth-order valence-electron chi connectivity index (χ4n) is 0.404. The van der Waals surface area contributed by atoms with Crippen LogP contribution < -0.4 is 0 Å². The topological polar surface area (TPSA) is 23.9 Å². The van der Waals surface area contributed by atoms with E-state index in [4.69, 9.17) is 5.41 Å². The van der Waals surface area contributed by atoms with E-state index in [2.05, 4.69) is 15.9 Å². The molecule has 0 unspecified atom stereocenters. The van der Waals surface area contributed by atoms with E-state index >= 15 is 0 Å². The second-order valence-corrected chi connectivity index (χ2v) is 3.17. The molecule has 0 radical (unpaired) electrons. The van der Waals surface area contributed by atoms with Gasteiger partial charge in [0.1, 0.15) is 0 Å². The molecule has 3 heteroatoms. The van der Waals surface area contributed by atoms with Gasteiger partial charge in [0.25, 0.3) is 0 Å². The summed E-state index contributed by atoms with van der Waals surface area (Å²) >= 11 is 4.84. The highest BCUT2D eigenvalue weighted by atomic mass is 79.9. The van der Waals surface area contributed by atoms with E-state index in [-0.39, 0.29) is 0 Å². The largest absolute Gasteiger partial charge is 0.307 e. The maximum Gasteiger partial charge on any atom is 0.0457 e. The average molecular weight is 190 g/mol. The molecule has 0 saturated carbocycles. The van der Waals surface area contributed by atoms with Crippen molar-refractivity contribution >= 4 is 33.5 Å². The van der Waals surface area contributed by atoms with Crippen LogP contribution in [0.25, 0.3) is 0 Å². The lowest BCUT2D eigenvalue weighted by Gasteiger charge is -1.71. The third-order valence-electron chi connectivity index (χ3n) is 0.730. The Morgan fingerprint density at radius 3 is 2.75 bits per heavy atom. The molecule has 1 rings (SSSR count). The van der Waals surface area contributed by atoms with Crippen LogP contribution in [0.5, 0.6) is 0 Å². The monoisotopic (exact) mass is 189 g/mol. The number of rotatable bonds is 1. The van der Waals surface area contributed by atoms with Crippen LogP contribution in [0.4, 0.5) is 0 Å². The molecule has 42 valence electrons. The summed E-state index contributed by atoms with van der Waals surface area (Å²) in [5, 5.41) is 8.78. The van der Waals surface area contributed by atoms with E-state index in [0.717, 1.165) is 9.35 Å². The Hall–Kier alpha value is -0.150. The predicted molar refractivity (Wildman–Crippen MR) is 39.9 cm³/mol. The third kappa shape index (κ3) is 1.17. The molecule has 1 heterocycles. The molecule has 0 atom stereocenters. The minimum absolute atomic E-state index is 0.983. The first-order valence-corrected chi connectivity index (χ1v) is 3.74. The van der Waals surface area contributed by atoms with Crippen LogP contribution >= 0.6 is 27.3 Å². The maximum atomic E-state index is 6.82. The molecule has 0 aliphatic carbocycles. The zero-order chi connectivity index (χ0) is 5.98. The second kappa shape index (κ2) is 2.42. The highest BCUT2D eigenvalue weighted by Crippen LogP contribution is 2.17. The second-order valence-electron chi connectivity index (χ2n) is 1.31. The predicted octanol–water partition coefficient (Wildman–Crippen LogP) is 2.51. The average Bonchev–Trinajstić information content (AvgIpc) is 2.14. The van der Waals surface area contributed by atoms with Crippen LogP contribution in [-0.2, 0) is 0 Å². The lowest BCUT2D eigenvalue weighted by molar-refractivity contribution is 1.57. The Kier molecular flexibility index (Phi) is 1.81. The Labute approximate surface area is 60.0 Å². The molecule has 8 heavy (non-hydrogen) atoms. The van der Waals surface area contributed by atoms with Gasteiger partial charge in [0, 0.05) is 20.9 Å². The van der Waals surface area contributed by atoms with Gasteiger partial charge in [-0.3, -0.25) is 0 Å². The van der Waals surface area contributed by atoms with Crippen molar-refractivity contribution in [1.29, 1.82) is 5.41 Å². The van der Waals surface area contributed by atoms with Gasteiger partial charge in [-0.15, -0.1) is 11.3 Å². The molecule has 1 nitrogen and oxygen atoms in total. The van der Waals surface area contributed by atoms with Gasteiger partial charge in [0.2, 0.25) is 0 Å². The van der Waals surface area contributed by atoms with Gasteiger partial charge >= 0.3 is 0 Å². The lowest BCUT2D eigenvalue weighted by Crippen LogP contribution is -1.62. The summed E-state index contributed by atoms with van der Waals surface area (Å²) in [4.78, 5) is 0.983. The van der Waals surface area contributed by atoms with Crippen molar-refractivity contribution < 1.29 is 0 Å². The fraction of sp³-hybridized carbons (Fsp3) is 0. The van der Waals surface area contributed by atoms with Crippen molar-refractivity contribution in [3.05, 3.63) is 20.8 Å². The molecular formula is C5H4BrNS. The first kappa shape index (κ1) is 5.98. The Bertz CT molecular complexity index is 194.